The molecule has 1 saturated carbocycles. The Labute approximate surface area is 145 Å². The van der Waals surface area contributed by atoms with E-state index >= 15 is 0 Å². The van der Waals surface area contributed by atoms with Crippen molar-refractivity contribution < 1.29 is 4.79 Å². The lowest BCUT2D eigenvalue weighted by Crippen LogP contribution is -2.25. The fourth-order valence-electron chi connectivity index (χ4n) is 2.30. The molecule has 0 aliphatic heterocycles. The van der Waals surface area contributed by atoms with E-state index in [-0.39, 0.29) is 11.7 Å². The molecule has 0 radical (unpaired) electrons. The highest BCUT2D eigenvalue weighted by atomic mass is 32.2. The van der Waals surface area contributed by atoms with E-state index < -0.39 is 0 Å². The van der Waals surface area contributed by atoms with Crippen LogP contribution in [0.2, 0.25) is 0 Å². The predicted molar refractivity (Wildman–Crippen MR) is 95.5 cm³/mol. The normalized spacial score (nSPS) is 13.8. The molecule has 24 heavy (non-hydrogen) atoms. The van der Waals surface area contributed by atoms with E-state index in [1.165, 1.54) is 16.4 Å². The summed E-state index contributed by atoms with van der Waals surface area (Å²) in [6.07, 6.45) is 2.24. The van der Waals surface area contributed by atoms with Gasteiger partial charge in [0.05, 0.1) is 5.75 Å². The number of benzene rings is 1. The lowest BCUT2D eigenvalue weighted by atomic mass is 10.2. The molecule has 1 aromatic carbocycles. The molecule has 1 fully saturated rings. The first-order valence-electron chi connectivity index (χ1n) is 7.90. The summed E-state index contributed by atoms with van der Waals surface area (Å²) in [6, 6.07) is 8.10. The zero-order chi connectivity index (χ0) is 17.1. The minimum absolute atomic E-state index is 0.0485. The molecule has 0 spiro atoms. The number of nitrogen functional groups attached to an aromatic ring is 1. The number of anilines is 1. The van der Waals surface area contributed by atoms with E-state index in [2.05, 4.69) is 15.5 Å². The van der Waals surface area contributed by atoms with Gasteiger partial charge in [-0.3, -0.25) is 4.79 Å². The van der Waals surface area contributed by atoms with Crippen LogP contribution in [-0.4, -0.2) is 40.6 Å². The summed E-state index contributed by atoms with van der Waals surface area (Å²) >= 11 is 1.31. The maximum atomic E-state index is 12.0. The molecule has 1 amide bonds. The molecule has 1 heterocycles. The Morgan fingerprint density at radius 2 is 2.04 bits per heavy atom. The van der Waals surface area contributed by atoms with Gasteiger partial charge in [-0.25, -0.2) is 4.68 Å². The average molecular weight is 346 g/mol. The standard InChI is InChI=1S/C16H22N6OS/c1-21(2)13-7-3-11(4-8-13)9-18-14(23)10-24-16-20-19-15(22(16)17)12-5-6-12/h3-4,7-8,12H,5-6,9-10,17H2,1-2H3,(H,18,23). The maximum absolute atomic E-state index is 12.0. The number of nitrogens with one attached hydrogen (secondary N) is 1. The van der Waals surface area contributed by atoms with E-state index in [0.717, 1.165) is 29.9 Å². The summed E-state index contributed by atoms with van der Waals surface area (Å²) in [7, 11) is 4.00. The number of rotatable bonds is 7. The van der Waals surface area contributed by atoms with Crippen molar-refractivity contribution in [2.45, 2.75) is 30.5 Å². The predicted octanol–water partition coefficient (Wildman–Crippen LogP) is 1.34. The second-order valence-electron chi connectivity index (χ2n) is 6.11. The van der Waals surface area contributed by atoms with Gasteiger partial charge in [-0.2, -0.15) is 0 Å². The first-order chi connectivity index (χ1) is 11.5. The highest BCUT2D eigenvalue weighted by Crippen LogP contribution is 2.39. The van der Waals surface area contributed by atoms with Crippen LogP contribution in [0.15, 0.2) is 29.4 Å². The van der Waals surface area contributed by atoms with Crippen LogP contribution in [0, 0.1) is 0 Å². The lowest BCUT2D eigenvalue weighted by Gasteiger charge is -2.12. The SMILES string of the molecule is CN(C)c1ccc(CNC(=O)CSc2nnc(C3CC3)n2N)cc1. The number of thioether (sulfide) groups is 1. The van der Waals surface area contributed by atoms with Crippen LogP contribution in [-0.2, 0) is 11.3 Å². The van der Waals surface area contributed by atoms with Crippen LogP contribution in [0.3, 0.4) is 0 Å². The minimum Gasteiger partial charge on any atom is -0.378 e. The summed E-state index contributed by atoms with van der Waals surface area (Å²) in [5.41, 5.74) is 2.20. The summed E-state index contributed by atoms with van der Waals surface area (Å²) in [5.74, 6) is 7.45. The van der Waals surface area contributed by atoms with Gasteiger partial charge in [-0.1, -0.05) is 23.9 Å². The molecular weight excluding hydrogens is 324 g/mol. The highest BCUT2D eigenvalue weighted by molar-refractivity contribution is 7.99. The van der Waals surface area contributed by atoms with Gasteiger partial charge in [0, 0.05) is 32.2 Å². The number of nitrogens with two attached hydrogens (primary N) is 1. The average Bonchev–Trinajstić information content (AvgIpc) is 3.35. The van der Waals surface area contributed by atoms with Crippen molar-refractivity contribution in [3.8, 4) is 0 Å². The van der Waals surface area contributed by atoms with E-state index in [1.807, 2.05) is 43.3 Å². The van der Waals surface area contributed by atoms with Gasteiger partial charge < -0.3 is 16.1 Å². The van der Waals surface area contributed by atoms with Crippen LogP contribution in [0.25, 0.3) is 0 Å². The molecule has 2 aromatic rings. The van der Waals surface area contributed by atoms with Crippen molar-refractivity contribution in [3.05, 3.63) is 35.7 Å². The van der Waals surface area contributed by atoms with Gasteiger partial charge >= 0.3 is 0 Å². The number of hydrogen-bond donors (Lipinski definition) is 2. The van der Waals surface area contributed by atoms with Crippen LogP contribution in [0.1, 0.15) is 30.1 Å². The van der Waals surface area contributed by atoms with Gasteiger partial charge in [0.1, 0.15) is 0 Å². The number of carbonyl (C=O) groups excluding carboxylic acids is 1. The van der Waals surface area contributed by atoms with Gasteiger partial charge in [0.25, 0.3) is 0 Å². The maximum Gasteiger partial charge on any atom is 0.230 e. The fourth-order valence-corrected chi connectivity index (χ4v) is 2.99. The topological polar surface area (TPSA) is 89.1 Å². The molecule has 128 valence electrons. The molecule has 3 N–H and O–H groups in total. The Morgan fingerprint density at radius 1 is 1.33 bits per heavy atom. The van der Waals surface area contributed by atoms with Crippen LogP contribution in [0.5, 0.6) is 0 Å². The number of carbonyl (C=O) groups is 1. The lowest BCUT2D eigenvalue weighted by molar-refractivity contribution is -0.118. The van der Waals surface area contributed by atoms with Crippen LogP contribution < -0.4 is 16.1 Å². The largest absolute Gasteiger partial charge is 0.378 e. The quantitative estimate of drug-likeness (QED) is 0.581. The van der Waals surface area contributed by atoms with Crippen molar-refractivity contribution in [3.63, 3.8) is 0 Å². The minimum atomic E-state index is -0.0485. The van der Waals surface area contributed by atoms with Gasteiger partial charge in [0.2, 0.25) is 11.1 Å². The summed E-state index contributed by atoms with van der Waals surface area (Å²) < 4.78 is 1.51. The molecule has 0 atom stereocenters. The molecule has 1 aliphatic rings. The number of aromatic nitrogens is 3. The first kappa shape index (κ1) is 16.6. The number of amides is 1. The number of hydrogen-bond acceptors (Lipinski definition) is 6. The third-order valence-electron chi connectivity index (χ3n) is 3.91. The Kier molecular flexibility index (Phi) is 4.94. The van der Waals surface area contributed by atoms with E-state index in [9.17, 15) is 4.79 Å². The Bertz CT molecular complexity index is 708. The van der Waals surface area contributed by atoms with Crippen molar-refractivity contribution in [1.82, 2.24) is 20.2 Å². The molecular formula is C16H22N6OS. The Morgan fingerprint density at radius 3 is 2.67 bits per heavy atom. The second kappa shape index (κ2) is 7.12. The summed E-state index contributed by atoms with van der Waals surface area (Å²) in [6.45, 7) is 0.510. The van der Waals surface area contributed by atoms with Gasteiger partial charge in [-0.05, 0) is 30.5 Å². The van der Waals surface area contributed by atoms with Gasteiger partial charge in [0.15, 0.2) is 5.82 Å². The Balaban J connectivity index is 1.45. The van der Waals surface area contributed by atoms with Crippen LogP contribution in [0.4, 0.5) is 5.69 Å². The van der Waals surface area contributed by atoms with Gasteiger partial charge in [-0.15, -0.1) is 10.2 Å². The third-order valence-corrected chi connectivity index (χ3v) is 4.85. The molecule has 1 aromatic heterocycles. The number of nitrogens with zero attached hydrogens (tertiary/aromatic N) is 4. The summed E-state index contributed by atoms with van der Waals surface area (Å²) in [5, 5.41) is 11.7. The smallest absolute Gasteiger partial charge is 0.230 e. The molecule has 1 aliphatic carbocycles. The highest BCUT2D eigenvalue weighted by Gasteiger charge is 2.29. The summed E-state index contributed by atoms with van der Waals surface area (Å²) in [4.78, 5) is 14.0. The first-order valence-corrected chi connectivity index (χ1v) is 8.89. The van der Waals surface area contributed by atoms with Crippen molar-refractivity contribution in [2.24, 2.45) is 0 Å². The van der Waals surface area contributed by atoms with Crippen molar-refractivity contribution in [1.29, 1.82) is 0 Å². The Hall–Kier alpha value is -2.22. The second-order valence-corrected chi connectivity index (χ2v) is 7.05. The molecule has 8 heteroatoms. The molecule has 0 bridgehead atoms. The van der Waals surface area contributed by atoms with E-state index in [0.29, 0.717) is 17.6 Å². The van der Waals surface area contributed by atoms with Crippen molar-refractivity contribution in [2.75, 3.05) is 30.6 Å². The zero-order valence-corrected chi connectivity index (χ0v) is 14.7. The molecule has 0 saturated heterocycles. The van der Waals surface area contributed by atoms with Crippen LogP contribution >= 0.6 is 11.8 Å². The molecule has 7 nitrogen and oxygen atoms in total. The zero-order valence-electron chi connectivity index (χ0n) is 13.9. The molecule has 0 unspecified atom stereocenters. The third kappa shape index (κ3) is 4.00. The van der Waals surface area contributed by atoms with Crippen molar-refractivity contribution >= 4 is 23.4 Å². The fraction of sp³-hybridized carbons (Fsp3) is 0.438. The van der Waals surface area contributed by atoms with E-state index in [4.69, 9.17) is 5.84 Å². The monoisotopic (exact) mass is 346 g/mol. The van der Waals surface area contributed by atoms with E-state index in [1.54, 1.807) is 0 Å². The molecule has 3 rings (SSSR count).